The molecule has 4 rings (SSSR count). The lowest BCUT2D eigenvalue weighted by Crippen LogP contribution is -2.40. The van der Waals surface area contributed by atoms with Gasteiger partial charge in [-0.1, -0.05) is 38.8 Å². The summed E-state index contributed by atoms with van der Waals surface area (Å²) in [5.41, 5.74) is 3.96. The number of aliphatic imine (C=N–C) groups is 1. The van der Waals surface area contributed by atoms with Crippen molar-refractivity contribution in [1.82, 2.24) is 15.3 Å². The van der Waals surface area contributed by atoms with Crippen LogP contribution in [0.1, 0.15) is 93.7 Å². The molecule has 214 valence electrons. The van der Waals surface area contributed by atoms with Gasteiger partial charge in [-0.3, -0.25) is 9.79 Å². The summed E-state index contributed by atoms with van der Waals surface area (Å²) >= 11 is 0. The molecule has 2 aliphatic rings. The Labute approximate surface area is 238 Å². The first-order chi connectivity index (χ1) is 19.2. The van der Waals surface area contributed by atoms with Gasteiger partial charge in [0, 0.05) is 29.6 Å². The summed E-state index contributed by atoms with van der Waals surface area (Å²) in [6.07, 6.45) is 8.71. The number of aliphatic hydroxyl groups is 1. The number of hydrogen-bond acceptors (Lipinski definition) is 7. The third-order valence-electron chi connectivity index (χ3n) is 8.41. The van der Waals surface area contributed by atoms with Crippen molar-refractivity contribution < 1.29 is 14.7 Å². The second kappa shape index (κ2) is 13.3. The van der Waals surface area contributed by atoms with E-state index in [0.717, 1.165) is 53.9 Å². The van der Waals surface area contributed by atoms with Gasteiger partial charge in [0.25, 0.3) is 5.91 Å². The Balaban J connectivity index is 1.42. The molecule has 8 nitrogen and oxygen atoms in total. The number of aromatic nitrogens is 2. The van der Waals surface area contributed by atoms with E-state index in [1.165, 1.54) is 19.3 Å². The van der Waals surface area contributed by atoms with E-state index in [-0.39, 0.29) is 24.4 Å². The van der Waals surface area contributed by atoms with Gasteiger partial charge >= 0.3 is 0 Å². The Morgan fingerprint density at radius 2 is 1.88 bits per heavy atom. The predicted molar refractivity (Wildman–Crippen MR) is 159 cm³/mol. The molecule has 1 saturated carbocycles. The molecule has 2 fully saturated rings. The summed E-state index contributed by atoms with van der Waals surface area (Å²) in [6, 6.07) is 9.52. The predicted octanol–water partition coefficient (Wildman–Crippen LogP) is 5.28. The quantitative estimate of drug-likeness (QED) is 0.311. The summed E-state index contributed by atoms with van der Waals surface area (Å²) in [5.74, 6) is 1.97. The minimum Gasteiger partial charge on any atom is -0.387 e. The molecular weight excluding hydrogens is 502 g/mol. The number of aliphatic hydroxyl groups excluding tert-OH is 1. The molecule has 0 spiro atoms. The zero-order chi connectivity index (χ0) is 28.8. The molecular formula is C32H43N5O3. The van der Waals surface area contributed by atoms with Gasteiger partial charge in [0.1, 0.15) is 17.9 Å². The molecule has 1 aliphatic carbocycles. The number of allylic oxidation sites excluding steroid dienone is 1. The van der Waals surface area contributed by atoms with E-state index in [1.54, 1.807) is 25.3 Å². The van der Waals surface area contributed by atoms with Crippen LogP contribution >= 0.6 is 0 Å². The maximum Gasteiger partial charge on any atom is 0.251 e. The fourth-order valence-corrected chi connectivity index (χ4v) is 6.05. The number of carbonyl (C=O) groups is 2. The fraction of sp³-hybridized carbons (Fsp3) is 0.531. The van der Waals surface area contributed by atoms with Crippen LogP contribution in [-0.4, -0.2) is 51.2 Å². The van der Waals surface area contributed by atoms with Gasteiger partial charge < -0.3 is 20.1 Å². The first-order valence-corrected chi connectivity index (χ1v) is 14.6. The highest BCUT2D eigenvalue weighted by Gasteiger charge is 2.42. The number of nitrogens with one attached hydrogen (secondary N) is 1. The van der Waals surface area contributed by atoms with Gasteiger partial charge in [0.05, 0.1) is 24.4 Å². The van der Waals surface area contributed by atoms with Crippen LogP contribution in [0.15, 0.2) is 41.5 Å². The molecule has 2 N–H and O–H groups in total. The van der Waals surface area contributed by atoms with E-state index in [2.05, 4.69) is 39.0 Å². The maximum absolute atomic E-state index is 12.9. The van der Waals surface area contributed by atoms with E-state index < -0.39 is 6.10 Å². The van der Waals surface area contributed by atoms with Crippen molar-refractivity contribution in [3.8, 4) is 0 Å². The molecule has 2 heterocycles. The highest BCUT2D eigenvalue weighted by molar-refractivity contribution is 5.94. The number of rotatable bonds is 10. The molecule has 8 heteroatoms. The molecule has 0 bridgehead atoms. The molecule has 0 radical (unpaired) electrons. The van der Waals surface area contributed by atoms with Crippen LogP contribution in [0.5, 0.6) is 0 Å². The van der Waals surface area contributed by atoms with Crippen LogP contribution in [0.3, 0.4) is 0 Å². The van der Waals surface area contributed by atoms with Gasteiger partial charge in [0.15, 0.2) is 0 Å². The third kappa shape index (κ3) is 6.84. The van der Waals surface area contributed by atoms with Gasteiger partial charge in [-0.15, -0.1) is 0 Å². The Morgan fingerprint density at radius 3 is 2.55 bits per heavy atom. The zero-order valence-electron chi connectivity index (χ0n) is 24.4. The Kier molecular flexibility index (Phi) is 9.85. The molecule has 1 amide bonds. The number of amides is 1. The average molecular weight is 546 g/mol. The summed E-state index contributed by atoms with van der Waals surface area (Å²) in [5, 5.41) is 13.0. The largest absolute Gasteiger partial charge is 0.387 e. The Morgan fingerprint density at radius 1 is 1.18 bits per heavy atom. The second-order valence-electron chi connectivity index (χ2n) is 11.3. The van der Waals surface area contributed by atoms with Crippen molar-refractivity contribution in [2.24, 2.45) is 16.8 Å². The van der Waals surface area contributed by atoms with E-state index in [0.29, 0.717) is 23.3 Å². The van der Waals surface area contributed by atoms with Crippen molar-refractivity contribution in [1.29, 1.82) is 0 Å². The van der Waals surface area contributed by atoms with Crippen LogP contribution < -0.4 is 10.2 Å². The van der Waals surface area contributed by atoms with Gasteiger partial charge in [-0.2, -0.15) is 0 Å². The van der Waals surface area contributed by atoms with Crippen LogP contribution in [0, 0.1) is 18.8 Å². The van der Waals surface area contributed by atoms with E-state index >= 15 is 0 Å². The maximum atomic E-state index is 12.9. The smallest absolute Gasteiger partial charge is 0.251 e. The first-order valence-electron chi connectivity index (χ1n) is 14.6. The average Bonchev–Trinajstić information content (AvgIpc) is 3.34. The standard InChI is InChI=1S/C32H43N5O3/c1-6-20(2)31(22(4)39)33-17-21(3)24-11-13-25(14-12-24)32(40)34-18-27-16-30(36-23(5)35-27)37-28(19-38)15-26-9-7-8-10-29(26)37/h11-14,16-17,19-20,22,26,28-29,39H,6-10,15,18H2,1-5H3,(H,34,40)/b21-17+,33-31?. The molecule has 2 aromatic rings. The first kappa shape index (κ1) is 29.6. The molecule has 1 aromatic carbocycles. The topological polar surface area (TPSA) is 108 Å². The highest BCUT2D eigenvalue weighted by atomic mass is 16.3. The number of fused-ring (bicyclic) bond motifs is 1. The van der Waals surface area contributed by atoms with Crippen molar-refractivity contribution in [2.45, 2.75) is 97.9 Å². The van der Waals surface area contributed by atoms with Crippen molar-refractivity contribution >= 4 is 29.3 Å². The fourth-order valence-electron chi connectivity index (χ4n) is 6.05. The number of aldehydes is 1. The van der Waals surface area contributed by atoms with E-state index in [1.807, 2.05) is 32.0 Å². The van der Waals surface area contributed by atoms with Crippen LogP contribution in [0.2, 0.25) is 0 Å². The monoisotopic (exact) mass is 545 g/mol. The number of aryl methyl sites for hydroxylation is 1. The number of benzene rings is 1. The molecule has 40 heavy (non-hydrogen) atoms. The van der Waals surface area contributed by atoms with Crippen LogP contribution in [0.4, 0.5) is 5.82 Å². The second-order valence-corrected chi connectivity index (χ2v) is 11.3. The number of nitrogens with zero attached hydrogens (tertiary/aromatic N) is 4. The molecule has 5 unspecified atom stereocenters. The normalized spacial score (nSPS) is 22.9. The minimum absolute atomic E-state index is 0.153. The highest BCUT2D eigenvalue weighted by Crippen LogP contribution is 2.41. The van der Waals surface area contributed by atoms with Gasteiger partial charge in [-0.05, 0) is 81.6 Å². The van der Waals surface area contributed by atoms with Crippen LogP contribution in [-0.2, 0) is 11.3 Å². The number of hydrogen-bond donors (Lipinski definition) is 2. The Bertz CT molecular complexity index is 1250. The molecule has 1 aliphatic heterocycles. The molecule has 1 aromatic heterocycles. The minimum atomic E-state index is -0.592. The summed E-state index contributed by atoms with van der Waals surface area (Å²) in [7, 11) is 0. The Hall–Kier alpha value is -3.39. The number of anilines is 1. The van der Waals surface area contributed by atoms with Gasteiger partial charge in [0.2, 0.25) is 0 Å². The van der Waals surface area contributed by atoms with Crippen molar-refractivity contribution in [3.05, 3.63) is 59.2 Å². The lowest BCUT2D eigenvalue weighted by atomic mass is 9.85. The molecule has 5 atom stereocenters. The summed E-state index contributed by atoms with van der Waals surface area (Å²) in [6.45, 7) is 9.98. The van der Waals surface area contributed by atoms with Crippen LogP contribution in [0.25, 0.3) is 5.57 Å². The van der Waals surface area contributed by atoms with Gasteiger partial charge in [-0.25, -0.2) is 9.97 Å². The van der Waals surface area contributed by atoms with Crippen molar-refractivity contribution in [3.63, 3.8) is 0 Å². The summed E-state index contributed by atoms with van der Waals surface area (Å²) < 4.78 is 0. The van der Waals surface area contributed by atoms with Crippen molar-refractivity contribution in [2.75, 3.05) is 4.90 Å². The summed E-state index contributed by atoms with van der Waals surface area (Å²) in [4.78, 5) is 40.8. The number of carbonyl (C=O) groups excluding carboxylic acids is 2. The zero-order valence-corrected chi connectivity index (χ0v) is 24.4. The van der Waals surface area contributed by atoms with E-state index in [9.17, 15) is 14.7 Å². The third-order valence-corrected chi connectivity index (χ3v) is 8.41. The SMILES string of the molecule is CCC(C)C(=N/C=C(\C)c1ccc(C(=O)NCc2cc(N3C(C=O)CC4CCCCC43)nc(C)n2)cc1)C(C)O. The van der Waals surface area contributed by atoms with E-state index in [4.69, 9.17) is 0 Å². The molecule has 1 saturated heterocycles. The lowest BCUT2D eigenvalue weighted by Gasteiger charge is -2.33. The lowest BCUT2D eigenvalue weighted by molar-refractivity contribution is -0.108.